The van der Waals surface area contributed by atoms with E-state index in [2.05, 4.69) is 65.2 Å². The number of phenols is 1. The lowest BCUT2D eigenvalue weighted by Crippen LogP contribution is -2.18. The second kappa shape index (κ2) is 6.27. The summed E-state index contributed by atoms with van der Waals surface area (Å²) in [6.45, 7) is 17.6. The van der Waals surface area contributed by atoms with Gasteiger partial charge in [0.1, 0.15) is 5.75 Å². The summed E-state index contributed by atoms with van der Waals surface area (Å²) < 4.78 is -0.152. The van der Waals surface area contributed by atoms with Crippen molar-refractivity contribution in [2.45, 2.75) is 71.0 Å². The molecule has 0 aliphatic rings. The van der Waals surface area contributed by atoms with Crippen molar-refractivity contribution in [2.24, 2.45) is 4.99 Å². The smallest absolute Gasteiger partial charge is 0.128 e. The Morgan fingerprint density at radius 2 is 1.55 bits per heavy atom. The Bertz CT molecular complexity index is 555. The second-order valence-corrected chi connectivity index (χ2v) is 9.95. The maximum Gasteiger partial charge on any atom is 0.128 e. The highest BCUT2D eigenvalue weighted by atomic mass is 32.1. The number of hydrogen-bond acceptors (Lipinski definition) is 3. The number of aliphatic imine (C=N–C) groups is 1. The predicted molar refractivity (Wildman–Crippen MR) is 101 cm³/mol. The standard InChI is InChI=1S/C19H31NOS/c1-17(2,3)14-9-13(11-20-12-19(7,8)22)16(21)15(10-14)18(4,5)6/h9-11,21-22H,12H2,1-8H3. The van der Waals surface area contributed by atoms with Crippen LogP contribution in [0, 0.1) is 0 Å². The van der Waals surface area contributed by atoms with Crippen molar-refractivity contribution in [3.8, 4) is 5.75 Å². The fourth-order valence-corrected chi connectivity index (χ4v) is 2.21. The van der Waals surface area contributed by atoms with Crippen LogP contribution in [0.25, 0.3) is 0 Å². The van der Waals surface area contributed by atoms with Gasteiger partial charge >= 0.3 is 0 Å². The number of hydrogen-bond donors (Lipinski definition) is 2. The van der Waals surface area contributed by atoms with Gasteiger partial charge in [-0.15, -0.1) is 0 Å². The number of thiol groups is 1. The first-order chi connectivity index (χ1) is 9.72. The minimum atomic E-state index is -0.152. The topological polar surface area (TPSA) is 32.6 Å². The molecule has 0 amide bonds. The Labute approximate surface area is 141 Å². The van der Waals surface area contributed by atoms with Crippen LogP contribution in [0.3, 0.4) is 0 Å². The van der Waals surface area contributed by atoms with Crippen LogP contribution in [0.2, 0.25) is 0 Å². The van der Waals surface area contributed by atoms with Crippen LogP contribution in [0.15, 0.2) is 17.1 Å². The molecule has 0 heterocycles. The van der Waals surface area contributed by atoms with Crippen molar-refractivity contribution < 1.29 is 5.11 Å². The molecule has 0 aliphatic heterocycles. The maximum absolute atomic E-state index is 10.6. The average Bonchev–Trinajstić information content (AvgIpc) is 2.26. The summed E-state index contributed by atoms with van der Waals surface area (Å²) in [6.07, 6.45) is 1.78. The summed E-state index contributed by atoms with van der Waals surface area (Å²) >= 11 is 4.48. The summed E-state index contributed by atoms with van der Waals surface area (Å²) in [6, 6.07) is 4.16. The zero-order valence-electron chi connectivity index (χ0n) is 15.3. The molecule has 0 aromatic heterocycles. The fraction of sp³-hybridized carbons (Fsp3) is 0.632. The first-order valence-electron chi connectivity index (χ1n) is 7.82. The molecule has 0 atom stereocenters. The fourth-order valence-electron chi connectivity index (χ4n) is 2.13. The minimum Gasteiger partial charge on any atom is -0.507 e. The third kappa shape index (κ3) is 5.35. The van der Waals surface area contributed by atoms with Gasteiger partial charge in [-0.1, -0.05) is 47.6 Å². The first-order valence-corrected chi connectivity index (χ1v) is 8.27. The Kier molecular flexibility index (Phi) is 5.44. The number of aromatic hydroxyl groups is 1. The molecule has 22 heavy (non-hydrogen) atoms. The molecule has 0 radical (unpaired) electrons. The summed E-state index contributed by atoms with van der Waals surface area (Å²) in [7, 11) is 0. The lowest BCUT2D eigenvalue weighted by Gasteiger charge is -2.27. The Morgan fingerprint density at radius 1 is 1.00 bits per heavy atom. The maximum atomic E-state index is 10.6. The molecule has 0 fully saturated rings. The highest BCUT2D eigenvalue weighted by Crippen LogP contribution is 2.37. The largest absolute Gasteiger partial charge is 0.507 e. The summed E-state index contributed by atoms with van der Waals surface area (Å²) in [5.41, 5.74) is 2.87. The zero-order chi connectivity index (χ0) is 17.3. The molecule has 3 heteroatoms. The Morgan fingerprint density at radius 3 is 1.95 bits per heavy atom. The Balaban J connectivity index is 3.38. The van der Waals surface area contributed by atoms with E-state index in [1.54, 1.807) is 6.21 Å². The van der Waals surface area contributed by atoms with Gasteiger partial charge < -0.3 is 5.11 Å². The summed E-state index contributed by atoms with van der Waals surface area (Å²) in [4.78, 5) is 4.46. The molecule has 1 aromatic carbocycles. The van der Waals surface area contributed by atoms with E-state index < -0.39 is 0 Å². The van der Waals surface area contributed by atoms with E-state index in [0.29, 0.717) is 12.3 Å². The lowest BCUT2D eigenvalue weighted by molar-refractivity contribution is 0.444. The molecule has 0 spiro atoms. The van der Waals surface area contributed by atoms with E-state index in [0.717, 1.165) is 11.1 Å². The minimum absolute atomic E-state index is 0.0269. The molecule has 1 rings (SSSR count). The van der Waals surface area contributed by atoms with Gasteiger partial charge in [0.05, 0.1) is 6.54 Å². The molecule has 124 valence electrons. The predicted octanol–water partition coefficient (Wildman–Crippen LogP) is 5.11. The quantitative estimate of drug-likeness (QED) is 0.588. The molecule has 0 unspecified atom stereocenters. The van der Waals surface area contributed by atoms with Gasteiger partial charge in [0.15, 0.2) is 0 Å². The summed E-state index contributed by atoms with van der Waals surface area (Å²) in [5, 5.41) is 10.6. The third-order valence-electron chi connectivity index (χ3n) is 3.52. The molecule has 2 nitrogen and oxygen atoms in total. The number of phenolic OH excluding ortho intramolecular Hbond substituents is 1. The summed E-state index contributed by atoms with van der Waals surface area (Å²) in [5.74, 6) is 0.334. The van der Waals surface area contributed by atoms with Crippen molar-refractivity contribution in [2.75, 3.05) is 6.54 Å². The van der Waals surface area contributed by atoms with E-state index >= 15 is 0 Å². The molecule has 0 aliphatic carbocycles. The van der Waals surface area contributed by atoms with Crippen LogP contribution in [-0.4, -0.2) is 22.6 Å². The molecule has 0 saturated heterocycles. The molecule has 0 bridgehead atoms. The van der Waals surface area contributed by atoms with Crippen molar-refractivity contribution in [3.05, 3.63) is 28.8 Å². The Hall–Kier alpha value is -0.960. The first kappa shape index (κ1) is 19.1. The van der Waals surface area contributed by atoms with Gasteiger partial charge in [-0.3, -0.25) is 4.99 Å². The van der Waals surface area contributed by atoms with Crippen LogP contribution in [0.1, 0.15) is 72.1 Å². The van der Waals surface area contributed by atoms with Gasteiger partial charge in [0.25, 0.3) is 0 Å². The van der Waals surface area contributed by atoms with E-state index in [9.17, 15) is 5.11 Å². The van der Waals surface area contributed by atoms with E-state index in [1.165, 1.54) is 5.56 Å². The lowest BCUT2D eigenvalue weighted by atomic mass is 9.79. The van der Waals surface area contributed by atoms with Gasteiger partial charge in [-0.2, -0.15) is 12.6 Å². The van der Waals surface area contributed by atoms with E-state index in [1.807, 2.05) is 19.9 Å². The highest BCUT2D eigenvalue weighted by Gasteiger charge is 2.24. The molecular weight excluding hydrogens is 290 g/mol. The number of benzene rings is 1. The normalized spacial score (nSPS) is 13.9. The zero-order valence-corrected chi connectivity index (χ0v) is 16.2. The van der Waals surface area contributed by atoms with Crippen LogP contribution in [0.5, 0.6) is 5.75 Å². The van der Waals surface area contributed by atoms with E-state index in [4.69, 9.17) is 0 Å². The highest BCUT2D eigenvalue weighted by molar-refractivity contribution is 7.81. The van der Waals surface area contributed by atoms with Gasteiger partial charge in [0.2, 0.25) is 0 Å². The second-order valence-electron chi connectivity index (χ2n) is 8.74. The van der Waals surface area contributed by atoms with Crippen LogP contribution in [-0.2, 0) is 10.8 Å². The van der Waals surface area contributed by atoms with Crippen molar-refractivity contribution in [1.82, 2.24) is 0 Å². The van der Waals surface area contributed by atoms with Crippen molar-refractivity contribution in [1.29, 1.82) is 0 Å². The van der Waals surface area contributed by atoms with Crippen LogP contribution < -0.4 is 0 Å². The molecule has 1 N–H and O–H groups in total. The van der Waals surface area contributed by atoms with Crippen molar-refractivity contribution >= 4 is 18.8 Å². The number of nitrogens with zero attached hydrogens (tertiary/aromatic N) is 1. The monoisotopic (exact) mass is 321 g/mol. The van der Waals surface area contributed by atoms with Crippen molar-refractivity contribution in [3.63, 3.8) is 0 Å². The molecule has 1 aromatic rings. The SMILES string of the molecule is CC(C)(S)CN=Cc1cc(C(C)(C)C)cc(C(C)(C)C)c1O. The van der Waals surface area contributed by atoms with Gasteiger partial charge in [0, 0.05) is 22.1 Å². The van der Waals surface area contributed by atoms with Gasteiger partial charge in [-0.05, 0) is 36.3 Å². The van der Waals surface area contributed by atoms with Crippen LogP contribution >= 0.6 is 12.6 Å². The van der Waals surface area contributed by atoms with Gasteiger partial charge in [-0.25, -0.2) is 0 Å². The van der Waals surface area contributed by atoms with Crippen LogP contribution in [0.4, 0.5) is 0 Å². The average molecular weight is 322 g/mol. The number of rotatable bonds is 3. The molecular formula is C19H31NOS. The van der Waals surface area contributed by atoms with E-state index in [-0.39, 0.29) is 15.6 Å². The molecule has 0 saturated carbocycles. The third-order valence-corrected chi connectivity index (χ3v) is 3.66.